The average molecular weight is 346 g/mol. The highest BCUT2D eigenvalue weighted by molar-refractivity contribution is 9.11. The van der Waals surface area contributed by atoms with Crippen molar-refractivity contribution in [2.75, 3.05) is 7.05 Å². The predicted molar refractivity (Wildman–Crippen MR) is 73.9 cm³/mol. The predicted octanol–water partition coefficient (Wildman–Crippen LogP) is 2.47. The minimum Gasteiger partial charge on any atom is -0.480 e. The van der Waals surface area contributed by atoms with E-state index in [0.717, 1.165) is 8.66 Å². The largest absolute Gasteiger partial charge is 0.480 e. The molecule has 0 fully saturated rings. The fraction of sp³-hybridized carbons (Fsp3) is 0.364. The lowest BCUT2D eigenvalue weighted by atomic mass is 10.3. The second-order valence-electron chi connectivity index (χ2n) is 4.04. The molecule has 19 heavy (non-hydrogen) atoms. The van der Waals surface area contributed by atoms with Gasteiger partial charge in [-0.1, -0.05) is 5.16 Å². The van der Waals surface area contributed by atoms with E-state index in [-0.39, 0.29) is 0 Å². The Bertz CT molecular complexity index is 583. The zero-order chi connectivity index (χ0) is 14.0. The molecule has 1 N–H and O–H groups in total. The van der Waals surface area contributed by atoms with Crippen molar-refractivity contribution in [2.45, 2.75) is 19.5 Å². The second-order valence-corrected chi connectivity index (χ2v) is 6.51. The van der Waals surface area contributed by atoms with E-state index in [1.165, 1.54) is 11.3 Å². The molecule has 2 heterocycles. The van der Waals surface area contributed by atoms with Gasteiger partial charge in [0.2, 0.25) is 11.7 Å². The Kier molecular flexibility index (Phi) is 4.33. The Labute approximate surface area is 122 Å². The van der Waals surface area contributed by atoms with Gasteiger partial charge < -0.3 is 9.63 Å². The van der Waals surface area contributed by atoms with Crippen LogP contribution in [0.1, 0.15) is 12.8 Å². The van der Waals surface area contributed by atoms with E-state index in [1.807, 2.05) is 12.1 Å². The first-order valence-electron chi connectivity index (χ1n) is 5.48. The highest BCUT2D eigenvalue weighted by Crippen LogP contribution is 2.29. The van der Waals surface area contributed by atoms with Crippen LogP contribution in [-0.4, -0.2) is 39.2 Å². The molecule has 0 saturated carbocycles. The Morgan fingerprint density at radius 1 is 1.63 bits per heavy atom. The van der Waals surface area contributed by atoms with Crippen LogP contribution in [0.3, 0.4) is 0 Å². The number of aromatic nitrogens is 2. The molecule has 0 aliphatic carbocycles. The van der Waals surface area contributed by atoms with Gasteiger partial charge in [-0.2, -0.15) is 4.98 Å². The van der Waals surface area contributed by atoms with E-state index in [0.29, 0.717) is 18.3 Å². The summed E-state index contributed by atoms with van der Waals surface area (Å²) < 4.78 is 6.12. The molecule has 2 aromatic heterocycles. The lowest BCUT2D eigenvalue weighted by molar-refractivity contribution is -0.142. The highest BCUT2D eigenvalue weighted by Gasteiger charge is 2.19. The number of aliphatic carboxylic acids is 1. The van der Waals surface area contributed by atoms with E-state index in [2.05, 4.69) is 26.1 Å². The van der Waals surface area contributed by atoms with Crippen LogP contribution in [0.25, 0.3) is 10.7 Å². The van der Waals surface area contributed by atoms with Gasteiger partial charge in [-0.05, 0) is 42.0 Å². The van der Waals surface area contributed by atoms with Gasteiger partial charge in [-0.3, -0.25) is 9.69 Å². The number of carbonyl (C=O) groups is 1. The molecule has 0 bridgehead atoms. The molecular formula is C11H12BrN3O3S. The van der Waals surface area contributed by atoms with Gasteiger partial charge in [0.05, 0.1) is 15.2 Å². The molecule has 0 amide bonds. The minimum absolute atomic E-state index is 0.299. The van der Waals surface area contributed by atoms with Crippen LogP contribution >= 0.6 is 27.3 Å². The number of thiophene rings is 1. The maximum atomic E-state index is 10.8. The smallest absolute Gasteiger partial charge is 0.320 e. The van der Waals surface area contributed by atoms with Gasteiger partial charge in [0.25, 0.3) is 0 Å². The van der Waals surface area contributed by atoms with Crippen molar-refractivity contribution in [2.24, 2.45) is 0 Å². The molecule has 2 rings (SSSR count). The summed E-state index contributed by atoms with van der Waals surface area (Å²) in [6, 6.07) is 3.20. The SMILES string of the molecule is CC(C(=O)O)N(C)Cc1nc(-c2ccc(Br)s2)no1. The molecule has 0 saturated heterocycles. The van der Waals surface area contributed by atoms with Crippen molar-refractivity contribution in [1.29, 1.82) is 0 Å². The van der Waals surface area contributed by atoms with Gasteiger partial charge in [0, 0.05) is 0 Å². The van der Waals surface area contributed by atoms with Gasteiger partial charge in [0.1, 0.15) is 6.04 Å². The second kappa shape index (κ2) is 5.81. The summed E-state index contributed by atoms with van der Waals surface area (Å²) in [6.07, 6.45) is 0. The van der Waals surface area contributed by atoms with Crippen molar-refractivity contribution < 1.29 is 14.4 Å². The summed E-state index contributed by atoms with van der Waals surface area (Å²) in [5, 5.41) is 12.8. The molecule has 0 aliphatic rings. The lowest BCUT2D eigenvalue weighted by Crippen LogP contribution is -2.35. The van der Waals surface area contributed by atoms with Crippen molar-refractivity contribution >= 4 is 33.2 Å². The molecule has 0 aliphatic heterocycles. The Hall–Kier alpha value is -1.25. The number of carboxylic acids is 1. The molecular weight excluding hydrogens is 334 g/mol. The summed E-state index contributed by atoms with van der Waals surface area (Å²) in [4.78, 5) is 17.6. The van der Waals surface area contributed by atoms with Crippen LogP contribution in [0, 0.1) is 0 Å². The van der Waals surface area contributed by atoms with Crippen molar-refractivity contribution in [1.82, 2.24) is 15.0 Å². The van der Waals surface area contributed by atoms with Crippen LogP contribution in [0.5, 0.6) is 0 Å². The fourth-order valence-electron chi connectivity index (χ4n) is 1.39. The van der Waals surface area contributed by atoms with E-state index >= 15 is 0 Å². The molecule has 102 valence electrons. The molecule has 0 radical (unpaired) electrons. The molecule has 0 spiro atoms. The molecule has 1 atom stereocenters. The van der Waals surface area contributed by atoms with Crippen molar-refractivity contribution in [3.8, 4) is 10.7 Å². The number of halogens is 1. The Morgan fingerprint density at radius 2 is 2.37 bits per heavy atom. The van der Waals surface area contributed by atoms with Gasteiger partial charge >= 0.3 is 5.97 Å². The van der Waals surface area contributed by atoms with E-state index in [4.69, 9.17) is 9.63 Å². The zero-order valence-electron chi connectivity index (χ0n) is 10.3. The van der Waals surface area contributed by atoms with E-state index < -0.39 is 12.0 Å². The Balaban J connectivity index is 2.07. The van der Waals surface area contributed by atoms with Crippen LogP contribution in [0.15, 0.2) is 20.4 Å². The van der Waals surface area contributed by atoms with Gasteiger partial charge in [-0.25, -0.2) is 0 Å². The number of rotatable bonds is 5. The summed E-state index contributed by atoms with van der Waals surface area (Å²) in [7, 11) is 1.70. The first-order valence-corrected chi connectivity index (χ1v) is 7.09. The monoisotopic (exact) mass is 345 g/mol. The molecule has 8 heteroatoms. The van der Waals surface area contributed by atoms with Crippen molar-refractivity contribution in [3.63, 3.8) is 0 Å². The topological polar surface area (TPSA) is 79.5 Å². The number of likely N-dealkylation sites (N-methyl/N-ethyl adjacent to an activating group) is 1. The van der Waals surface area contributed by atoms with Gasteiger partial charge in [0.15, 0.2) is 0 Å². The van der Waals surface area contributed by atoms with Crippen LogP contribution in [-0.2, 0) is 11.3 Å². The fourth-order valence-corrected chi connectivity index (χ4v) is 2.70. The number of carboxylic acid groups (broad SMARTS) is 1. The van der Waals surface area contributed by atoms with Gasteiger partial charge in [-0.15, -0.1) is 11.3 Å². The van der Waals surface area contributed by atoms with Crippen LogP contribution in [0.4, 0.5) is 0 Å². The molecule has 0 aromatic carbocycles. The Morgan fingerprint density at radius 3 is 2.95 bits per heavy atom. The third kappa shape index (κ3) is 3.40. The van der Waals surface area contributed by atoms with Crippen molar-refractivity contribution in [3.05, 3.63) is 21.8 Å². The molecule has 1 unspecified atom stereocenters. The number of hydrogen-bond donors (Lipinski definition) is 1. The average Bonchev–Trinajstić information content (AvgIpc) is 2.96. The lowest BCUT2D eigenvalue weighted by Gasteiger charge is -2.18. The first-order chi connectivity index (χ1) is 8.97. The van der Waals surface area contributed by atoms with E-state index in [9.17, 15) is 4.79 Å². The normalized spacial score (nSPS) is 12.8. The summed E-state index contributed by atoms with van der Waals surface area (Å²) >= 11 is 4.88. The zero-order valence-corrected chi connectivity index (χ0v) is 12.7. The number of hydrogen-bond acceptors (Lipinski definition) is 6. The quantitative estimate of drug-likeness (QED) is 0.896. The first kappa shape index (κ1) is 14.2. The third-order valence-electron chi connectivity index (χ3n) is 2.66. The van der Waals surface area contributed by atoms with E-state index in [1.54, 1.807) is 18.9 Å². The summed E-state index contributed by atoms with van der Waals surface area (Å²) in [6.45, 7) is 1.91. The molecule has 2 aromatic rings. The highest BCUT2D eigenvalue weighted by atomic mass is 79.9. The molecule has 6 nitrogen and oxygen atoms in total. The maximum Gasteiger partial charge on any atom is 0.320 e. The number of nitrogens with zero attached hydrogens (tertiary/aromatic N) is 3. The standard InChI is InChI=1S/C11H12BrN3O3S/c1-6(11(16)17)15(2)5-9-13-10(14-18-9)7-3-4-8(12)19-7/h3-4,6H,5H2,1-2H3,(H,16,17). The third-order valence-corrected chi connectivity index (χ3v) is 4.28. The maximum absolute atomic E-state index is 10.8. The van der Waals surface area contributed by atoms with Crippen LogP contribution < -0.4 is 0 Å². The van der Waals surface area contributed by atoms with Crippen LogP contribution in [0.2, 0.25) is 0 Å². The summed E-state index contributed by atoms with van der Waals surface area (Å²) in [5.41, 5.74) is 0. The summed E-state index contributed by atoms with van der Waals surface area (Å²) in [5.74, 6) is 0.0293. The minimum atomic E-state index is -0.885.